The van der Waals surface area contributed by atoms with E-state index in [1.54, 1.807) is 0 Å². The zero-order valence-electron chi connectivity index (χ0n) is 16.4. The number of hydrogen-bond acceptors (Lipinski definition) is 3. The van der Waals surface area contributed by atoms with E-state index in [4.69, 9.17) is 0 Å². The fourth-order valence-electron chi connectivity index (χ4n) is 7.52. The first-order valence-corrected chi connectivity index (χ1v) is 10.3. The van der Waals surface area contributed by atoms with E-state index in [1.165, 1.54) is 17.7 Å². The van der Waals surface area contributed by atoms with Crippen molar-refractivity contribution >= 4 is 5.91 Å². The van der Waals surface area contributed by atoms with Crippen molar-refractivity contribution in [3.63, 3.8) is 0 Å². The third kappa shape index (κ3) is 3.61. The molecule has 1 aliphatic heterocycles. The topological polar surface area (TPSA) is 44.4 Å². The van der Waals surface area contributed by atoms with Crippen molar-refractivity contribution in [2.24, 2.45) is 22.2 Å². The third-order valence-electron chi connectivity index (χ3n) is 7.53. The molecular formula is C20H32F3N3O. The Balaban J connectivity index is 1.47. The number of alkyl halides is 3. The zero-order valence-corrected chi connectivity index (χ0v) is 16.4. The Hall–Kier alpha value is -0.820. The Morgan fingerprint density at radius 2 is 1.70 bits per heavy atom. The molecule has 4 bridgehead atoms. The predicted octanol–water partition coefficient (Wildman–Crippen LogP) is 2.94. The molecule has 0 spiro atoms. The molecule has 0 aromatic rings. The summed E-state index contributed by atoms with van der Waals surface area (Å²) in [4.78, 5) is 14.6. The molecule has 154 valence electrons. The normalized spacial score (nSPS) is 42.9. The fourth-order valence-corrected chi connectivity index (χ4v) is 7.52. The van der Waals surface area contributed by atoms with Crippen molar-refractivity contribution < 1.29 is 18.0 Å². The third-order valence-corrected chi connectivity index (χ3v) is 7.53. The molecule has 27 heavy (non-hydrogen) atoms. The van der Waals surface area contributed by atoms with Crippen LogP contribution < -0.4 is 10.6 Å². The number of carbonyl (C=O) groups is 1. The van der Waals surface area contributed by atoms with Crippen LogP contribution in [0.15, 0.2) is 0 Å². The first-order valence-electron chi connectivity index (χ1n) is 10.3. The summed E-state index contributed by atoms with van der Waals surface area (Å²) in [5.74, 6) is 0.419. The predicted molar refractivity (Wildman–Crippen MR) is 97.1 cm³/mol. The lowest BCUT2D eigenvalue weighted by Crippen LogP contribution is -2.62. The maximum Gasteiger partial charge on any atom is 0.405 e. The van der Waals surface area contributed by atoms with Crippen LogP contribution in [0.5, 0.6) is 0 Å². The molecule has 1 heterocycles. The molecule has 3 atom stereocenters. The van der Waals surface area contributed by atoms with Crippen LogP contribution in [-0.4, -0.2) is 55.7 Å². The van der Waals surface area contributed by atoms with Crippen LogP contribution in [0.25, 0.3) is 0 Å². The molecule has 2 N–H and O–H groups in total. The van der Waals surface area contributed by atoms with E-state index in [-0.39, 0.29) is 23.3 Å². The van der Waals surface area contributed by atoms with Gasteiger partial charge in [0.1, 0.15) is 6.04 Å². The summed E-state index contributed by atoms with van der Waals surface area (Å²) in [5.41, 5.74) is -0.108. The molecule has 0 aromatic heterocycles. The molecule has 7 heteroatoms. The standard InChI is InChI=1S/C20H32F3N3O/c1-17-7-14-8-18(2,11-17)13-19(9-14,12-17)16(27)25-10-15(20(21,22)23)26-5-3-24-4-6-26/h14-15,24H,3-13H2,1-2H3,(H,25,27). The van der Waals surface area contributed by atoms with Crippen LogP contribution in [-0.2, 0) is 4.79 Å². The second kappa shape index (κ2) is 6.34. The van der Waals surface area contributed by atoms with Crippen LogP contribution in [0.4, 0.5) is 13.2 Å². The molecule has 0 aromatic carbocycles. The van der Waals surface area contributed by atoms with Crippen LogP contribution in [0.2, 0.25) is 0 Å². The molecule has 1 saturated heterocycles. The highest BCUT2D eigenvalue weighted by atomic mass is 19.4. The average Bonchev–Trinajstić information content (AvgIpc) is 2.51. The van der Waals surface area contributed by atoms with E-state index in [2.05, 4.69) is 24.5 Å². The van der Waals surface area contributed by atoms with Gasteiger partial charge in [0.15, 0.2) is 0 Å². The molecule has 1 amide bonds. The molecule has 5 aliphatic rings. The molecular weight excluding hydrogens is 355 g/mol. The number of nitrogens with one attached hydrogen (secondary N) is 2. The summed E-state index contributed by atoms with van der Waals surface area (Å²) < 4.78 is 40.9. The summed E-state index contributed by atoms with van der Waals surface area (Å²) in [6.45, 7) is 6.06. The summed E-state index contributed by atoms with van der Waals surface area (Å²) in [6.07, 6.45) is 1.69. The van der Waals surface area contributed by atoms with Gasteiger partial charge < -0.3 is 10.6 Å². The van der Waals surface area contributed by atoms with E-state index < -0.39 is 17.6 Å². The molecule has 5 rings (SSSR count). The molecule has 4 aliphatic carbocycles. The Labute approximate surface area is 159 Å². The van der Waals surface area contributed by atoms with Crippen molar-refractivity contribution in [1.82, 2.24) is 15.5 Å². The number of nitrogens with zero attached hydrogens (tertiary/aromatic N) is 1. The number of rotatable bonds is 4. The maximum atomic E-state index is 13.6. The quantitative estimate of drug-likeness (QED) is 0.780. The van der Waals surface area contributed by atoms with Gasteiger partial charge in [-0.05, 0) is 55.3 Å². The second-order valence-electron chi connectivity index (χ2n) is 10.5. The van der Waals surface area contributed by atoms with Crippen molar-refractivity contribution in [2.45, 2.75) is 64.6 Å². The van der Waals surface area contributed by atoms with Gasteiger partial charge in [-0.25, -0.2) is 0 Å². The van der Waals surface area contributed by atoms with Crippen molar-refractivity contribution in [3.8, 4) is 0 Å². The van der Waals surface area contributed by atoms with Crippen LogP contribution in [0, 0.1) is 22.2 Å². The molecule has 3 unspecified atom stereocenters. The van der Waals surface area contributed by atoms with Crippen molar-refractivity contribution in [2.75, 3.05) is 32.7 Å². The van der Waals surface area contributed by atoms with Gasteiger partial charge in [0.05, 0.1) is 5.41 Å². The molecule has 4 nitrogen and oxygen atoms in total. The Bertz CT molecular complexity index is 584. The Morgan fingerprint density at radius 1 is 1.11 bits per heavy atom. The molecule has 0 radical (unpaired) electrons. The number of amides is 1. The van der Waals surface area contributed by atoms with E-state index >= 15 is 0 Å². The Morgan fingerprint density at radius 3 is 2.22 bits per heavy atom. The fraction of sp³-hybridized carbons (Fsp3) is 0.950. The van der Waals surface area contributed by atoms with Gasteiger partial charge in [0.2, 0.25) is 5.91 Å². The largest absolute Gasteiger partial charge is 0.405 e. The highest BCUT2D eigenvalue weighted by Gasteiger charge is 2.62. The highest BCUT2D eigenvalue weighted by molar-refractivity contribution is 5.83. The van der Waals surface area contributed by atoms with Gasteiger partial charge >= 0.3 is 6.18 Å². The lowest BCUT2D eigenvalue weighted by atomic mass is 9.40. The van der Waals surface area contributed by atoms with Gasteiger partial charge in [-0.1, -0.05) is 13.8 Å². The monoisotopic (exact) mass is 387 g/mol. The van der Waals surface area contributed by atoms with Gasteiger partial charge in [-0.15, -0.1) is 0 Å². The summed E-state index contributed by atoms with van der Waals surface area (Å²) in [5, 5.41) is 5.84. The lowest BCUT2D eigenvalue weighted by Gasteiger charge is -2.64. The van der Waals surface area contributed by atoms with Gasteiger partial charge in [0, 0.05) is 32.7 Å². The number of halogens is 3. The van der Waals surface area contributed by atoms with E-state index in [9.17, 15) is 18.0 Å². The zero-order chi connectivity index (χ0) is 19.5. The number of piperazine rings is 1. The van der Waals surface area contributed by atoms with Crippen molar-refractivity contribution in [1.29, 1.82) is 0 Å². The molecule has 4 saturated carbocycles. The lowest BCUT2D eigenvalue weighted by molar-refractivity contribution is -0.187. The Kier molecular flexibility index (Phi) is 4.58. The first kappa shape index (κ1) is 19.5. The second-order valence-corrected chi connectivity index (χ2v) is 10.5. The van der Waals surface area contributed by atoms with Gasteiger partial charge in [0.25, 0.3) is 0 Å². The van der Waals surface area contributed by atoms with Crippen LogP contribution >= 0.6 is 0 Å². The smallest absolute Gasteiger partial charge is 0.354 e. The SMILES string of the molecule is CC12CC3CC(C)(C1)CC(C(=O)NCC(N1CCNCC1)C(F)(F)F)(C3)C2. The number of carbonyl (C=O) groups excluding carboxylic acids is 1. The van der Waals surface area contributed by atoms with Crippen molar-refractivity contribution in [3.05, 3.63) is 0 Å². The molecule has 5 fully saturated rings. The summed E-state index contributed by atoms with van der Waals surface area (Å²) >= 11 is 0. The van der Waals surface area contributed by atoms with Crippen LogP contribution in [0.1, 0.15) is 52.4 Å². The van der Waals surface area contributed by atoms with Gasteiger partial charge in [-0.2, -0.15) is 13.2 Å². The minimum atomic E-state index is -4.33. The van der Waals surface area contributed by atoms with E-state index in [1.807, 2.05) is 0 Å². The minimum Gasteiger partial charge on any atom is -0.354 e. The summed E-state index contributed by atoms with van der Waals surface area (Å²) in [7, 11) is 0. The van der Waals surface area contributed by atoms with E-state index in [0.29, 0.717) is 32.1 Å². The van der Waals surface area contributed by atoms with E-state index in [0.717, 1.165) is 25.7 Å². The average molecular weight is 387 g/mol. The van der Waals surface area contributed by atoms with Crippen LogP contribution in [0.3, 0.4) is 0 Å². The first-order chi connectivity index (χ1) is 12.5. The minimum absolute atomic E-state index is 0.131. The highest BCUT2D eigenvalue weighted by Crippen LogP contribution is 2.69. The number of hydrogen-bond donors (Lipinski definition) is 2. The maximum absolute atomic E-state index is 13.6. The van der Waals surface area contributed by atoms with Gasteiger partial charge in [-0.3, -0.25) is 9.69 Å². The summed E-state index contributed by atoms with van der Waals surface area (Å²) in [6, 6.07) is -1.59.